The molecule has 0 aliphatic rings. The lowest BCUT2D eigenvalue weighted by atomic mass is 9.97. The molecule has 12 heteroatoms. The first-order chi connectivity index (χ1) is 74.2. The zero-order valence-corrected chi connectivity index (χ0v) is 81.5. The molecule has 0 spiro atoms. The highest BCUT2D eigenvalue weighted by Crippen LogP contribution is 2.41. The summed E-state index contributed by atoms with van der Waals surface area (Å²) in [6.07, 6.45) is 0. The van der Waals surface area contributed by atoms with E-state index in [1.807, 2.05) is 48.5 Å². The fourth-order valence-electron chi connectivity index (χ4n) is 18.8. The van der Waals surface area contributed by atoms with Crippen molar-refractivity contribution >= 4 is 0 Å². The standard InChI is InChI=1S/C72H48N6.C66H44N6/c1-5-16-49(17-6-1)53-30-38-57(39-31-53)67-73-68(58-40-32-54(33-41-58)50-18-7-2-8-19-50)76-71(75-67)65-28-14-26-63(47-65)61-24-13-25-62(46-61)64-27-15-29-66(48-64)72-77-69(59-42-34-55(35-43-59)51-20-9-3-10-21-51)74-70(78-72)60-44-36-56(37-45-60)52-22-11-4-12-23-52;1-5-15-45(16-6-1)49-27-35-53(36-28-49)61-67-62(54-37-29-50(30-38-54)46-17-7-2-8-18-46)70-65(69-61)59-25-13-23-57(43-59)58-24-14-26-60(44-58)66-71-63(55-39-31-51(32-40-55)47-19-9-3-10-20-47)68-64(72-66)56-41-33-52(34-42-56)48-21-11-4-12-22-48/h1-48H;1-44H. The molecule has 0 fully saturated rings. The molecule has 0 saturated carbocycles. The van der Waals surface area contributed by atoms with E-state index in [2.05, 4.69) is 510 Å². The van der Waals surface area contributed by atoms with Crippen molar-refractivity contribution in [1.82, 2.24) is 59.8 Å². The van der Waals surface area contributed by atoms with E-state index in [1.165, 1.54) is 0 Å². The van der Waals surface area contributed by atoms with Crippen LogP contribution in [-0.4, -0.2) is 59.8 Å². The Hall–Kier alpha value is -20.3. The summed E-state index contributed by atoms with van der Waals surface area (Å²) in [4.78, 5) is 61.5. The van der Waals surface area contributed by atoms with Crippen molar-refractivity contribution in [2.24, 2.45) is 0 Å². The Labute approximate surface area is 870 Å². The van der Waals surface area contributed by atoms with Crippen LogP contribution >= 0.6 is 0 Å². The molecule has 0 radical (unpaired) electrons. The molecule has 12 nitrogen and oxygen atoms in total. The van der Waals surface area contributed by atoms with Crippen LogP contribution in [0.3, 0.4) is 0 Å². The van der Waals surface area contributed by atoms with Crippen LogP contribution in [0.25, 0.3) is 259 Å². The van der Waals surface area contributed by atoms with Crippen molar-refractivity contribution in [2.75, 3.05) is 0 Å². The second-order valence-corrected chi connectivity index (χ2v) is 36.7. The van der Waals surface area contributed by atoms with E-state index >= 15 is 0 Å². The van der Waals surface area contributed by atoms with Crippen LogP contribution in [0.4, 0.5) is 0 Å². The molecule has 0 aliphatic heterocycles. The first-order valence-corrected chi connectivity index (χ1v) is 50.1. The maximum absolute atomic E-state index is 5.15. The fourth-order valence-corrected chi connectivity index (χ4v) is 18.8. The number of benzene rings is 21. The lowest BCUT2D eigenvalue weighted by Crippen LogP contribution is -2.01. The second kappa shape index (κ2) is 42.7. The minimum Gasteiger partial charge on any atom is -0.208 e. The van der Waals surface area contributed by atoms with E-state index in [0.717, 1.165) is 189 Å². The van der Waals surface area contributed by atoms with E-state index in [0.29, 0.717) is 69.9 Å². The third-order valence-electron chi connectivity index (χ3n) is 26.9. The third-order valence-corrected chi connectivity index (χ3v) is 26.9. The average Bonchev–Trinajstić information content (AvgIpc) is 0.779. The van der Waals surface area contributed by atoms with Gasteiger partial charge in [0.05, 0.1) is 0 Å². The molecule has 0 saturated heterocycles. The molecule has 0 atom stereocenters. The molecule has 0 aliphatic carbocycles. The number of aromatic nitrogens is 12. The summed E-state index contributed by atoms with van der Waals surface area (Å²) in [5.41, 5.74) is 35.2. The predicted octanol–water partition coefficient (Wildman–Crippen LogP) is 34.5. The van der Waals surface area contributed by atoms with Gasteiger partial charge in [0.25, 0.3) is 0 Å². The number of rotatable bonds is 23. The molecule has 150 heavy (non-hydrogen) atoms. The van der Waals surface area contributed by atoms with Crippen LogP contribution in [0.1, 0.15) is 0 Å². The molecule has 21 aromatic carbocycles. The van der Waals surface area contributed by atoms with Gasteiger partial charge in [-0.25, -0.2) is 59.8 Å². The van der Waals surface area contributed by atoms with Gasteiger partial charge in [0, 0.05) is 66.8 Å². The monoisotopic (exact) mass is 1920 g/mol. The Balaban J connectivity index is 0.000000160. The summed E-state index contributed by atoms with van der Waals surface area (Å²) < 4.78 is 0. The SMILES string of the molecule is c1ccc(-c2ccc(-c3nc(-c4ccc(-c5ccccc5)cc4)nc(-c4cccc(-c5cccc(-c6cccc(-c7nc(-c8ccc(-c9ccccc9)cc8)nc(-c8ccc(-c9ccccc9)cc8)n7)c6)c5)c4)n3)cc2)cc1.c1ccc(-c2ccc(-c3nc(-c4ccc(-c5ccccc5)cc4)nc(-c4cccc(-c5cccc(-c6nc(-c7ccc(-c8ccccc8)cc7)nc(-c7ccc(-c8ccccc8)cc7)n6)c5)c4)n3)cc2)cc1. The molecular formula is C138H92N12. The summed E-state index contributed by atoms with van der Waals surface area (Å²) in [6, 6.07) is 193. The van der Waals surface area contributed by atoms with Gasteiger partial charge in [-0.05, 0) is 153 Å². The van der Waals surface area contributed by atoms with Crippen LogP contribution in [0.5, 0.6) is 0 Å². The molecule has 25 aromatic rings. The Morgan fingerprint density at radius 3 is 0.260 bits per heavy atom. The first-order valence-electron chi connectivity index (χ1n) is 50.1. The highest BCUT2D eigenvalue weighted by molar-refractivity contribution is 5.85. The van der Waals surface area contributed by atoms with E-state index in [-0.39, 0.29) is 0 Å². The van der Waals surface area contributed by atoms with Gasteiger partial charge in [-0.1, -0.05) is 528 Å². The van der Waals surface area contributed by atoms with Crippen molar-refractivity contribution in [3.8, 4) is 259 Å². The van der Waals surface area contributed by atoms with E-state index in [9.17, 15) is 0 Å². The minimum atomic E-state index is 0.579. The Bertz CT molecular complexity index is 8110. The maximum atomic E-state index is 5.15. The van der Waals surface area contributed by atoms with Crippen molar-refractivity contribution in [3.63, 3.8) is 0 Å². The van der Waals surface area contributed by atoms with Crippen LogP contribution < -0.4 is 0 Å². The molecular weight excluding hydrogens is 1830 g/mol. The van der Waals surface area contributed by atoms with Gasteiger partial charge >= 0.3 is 0 Å². The first kappa shape index (κ1) is 92.1. The molecule has 0 amide bonds. The van der Waals surface area contributed by atoms with E-state index in [4.69, 9.17) is 59.8 Å². The van der Waals surface area contributed by atoms with Crippen molar-refractivity contribution in [3.05, 3.63) is 558 Å². The highest BCUT2D eigenvalue weighted by atomic mass is 15.1. The summed E-state index contributed by atoms with van der Waals surface area (Å²) in [5, 5.41) is 0. The van der Waals surface area contributed by atoms with E-state index in [1.54, 1.807) is 0 Å². The van der Waals surface area contributed by atoms with Gasteiger partial charge in [0.2, 0.25) is 0 Å². The summed E-state index contributed by atoms with van der Waals surface area (Å²) in [6.45, 7) is 0. The zero-order chi connectivity index (χ0) is 100. The normalized spacial score (nSPS) is 11.1. The van der Waals surface area contributed by atoms with Gasteiger partial charge in [-0.3, -0.25) is 0 Å². The fraction of sp³-hybridized carbons (Fsp3) is 0. The molecule has 4 aromatic heterocycles. The number of hydrogen-bond acceptors (Lipinski definition) is 12. The Kier molecular flexibility index (Phi) is 26.2. The zero-order valence-electron chi connectivity index (χ0n) is 81.5. The summed E-state index contributed by atoms with van der Waals surface area (Å²) >= 11 is 0. The predicted molar refractivity (Wildman–Crippen MR) is 611 cm³/mol. The van der Waals surface area contributed by atoms with Gasteiger partial charge in [-0.2, -0.15) is 0 Å². The molecule has 25 rings (SSSR count). The second-order valence-electron chi connectivity index (χ2n) is 36.7. The highest BCUT2D eigenvalue weighted by Gasteiger charge is 2.22. The lowest BCUT2D eigenvalue weighted by Gasteiger charge is -2.12. The van der Waals surface area contributed by atoms with Gasteiger partial charge in [0.15, 0.2) is 69.9 Å². The quantitative estimate of drug-likeness (QED) is 0.0598. The summed E-state index contributed by atoms with van der Waals surface area (Å²) in [7, 11) is 0. The largest absolute Gasteiger partial charge is 0.208 e. The smallest absolute Gasteiger partial charge is 0.164 e. The van der Waals surface area contributed by atoms with Crippen molar-refractivity contribution in [2.45, 2.75) is 0 Å². The van der Waals surface area contributed by atoms with Crippen LogP contribution in [-0.2, 0) is 0 Å². The van der Waals surface area contributed by atoms with Crippen LogP contribution in [0.2, 0.25) is 0 Å². The summed E-state index contributed by atoms with van der Waals surface area (Å²) in [5.74, 6) is 7.15. The van der Waals surface area contributed by atoms with Crippen LogP contribution in [0, 0.1) is 0 Å². The average molecular weight is 1920 g/mol. The molecule has 704 valence electrons. The Morgan fingerprint density at radius 1 is 0.0600 bits per heavy atom. The number of hydrogen-bond donors (Lipinski definition) is 0. The van der Waals surface area contributed by atoms with E-state index < -0.39 is 0 Å². The molecule has 0 bridgehead atoms. The topological polar surface area (TPSA) is 155 Å². The van der Waals surface area contributed by atoms with Crippen LogP contribution in [0.15, 0.2) is 558 Å². The third kappa shape index (κ3) is 20.8. The number of nitrogens with zero attached hydrogens (tertiary/aromatic N) is 12. The molecule has 4 heterocycles. The van der Waals surface area contributed by atoms with Gasteiger partial charge in [-0.15, -0.1) is 0 Å². The molecule has 0 unspecified atom stereocenters. The minimum absolute atomic E-state index is 0.579. The van der Waals surface area contributed by atoms with Crippen molar-refractivity contribution in [1.29, 1.82) is 0 Å². The van der Waals surface area contributed by atoms with Gasteiger partial charge in [0.1, 0.15) is 0 Å². The Morgan fingerprint density at radius 2 is 0.140 bits per heavy atom. The lowest BCUT2D eigenvalue weighted by molar-refractivity contribution is 1.07. The van der Waals surface area contributed by atoms with Crippen molar-refractivity contribution < 1.29 is 0 Å². The maximum Gasteiger partial charge on any atom is 0.164 e. The van der Waals surface area contributed by atoms with Gasteiger partial charge < -0.3 is 0 Å². The molecule has 0 N–H and O–H groups in total.